The number of nitro benzene ring substituents is 1. The maximum absolute atomic E-state index is 11.1. The van der Waals surface area contributed by atoms with Crippen molar-refractivity contribution < 1.29 is 19.1 Å². The highest BCUT2D eigenvalue weighted by atomic mass is 79.9. The molecule has 0 N–H and O–H groups in total. The maximum Gasteiger partial charge on any atom is 0.312 e. The molecule has 0 bridgehead atoms. The van der Waals surface area contributed by atoms with Gasteiger partial charge in [0.1, 0.15) is 0 Å². The average molecular weight is 346 g/mol. The van der Waals surface area contributed by atoms with Crippen molar-refractivity contribution >= 4 is 21.6 Å². The molecule has 6 nitrogen and oxygen atoms in total. The summed E-state index contributed by atoms with van der Waals surface area (Å²) in [5.74, 6) is 0.203. The van der Waals surface area contributed by atoms with Gasteiger partial charge in [0.25, 0.3) is 0 Å². The summed E-state index contributed by atoms with van der Waals surface area (Å²) in [5, 5.41) is 11.1. The van der Waals surface area contributed by atoms with Crippen LogP contribution in [0.15, 0.2) is 22.7 Å². The third kappa shape index (κ3) is 2.94. The fourth-order valence-corrected chi connectivity index (χ4v) is 2.25. The average Bonchev–Trinajstić information content (AvgIpc) is 2.37. The second-order valence-electron chi connectivity index (χ2n) is 4.81. The molecule has 1 saturated heterocycles. The molecule has 110 valence electrons. The highest BCUT2D eigenvalue weighted by Crippen LogP contribution is 2.38. The summed E-state index contributed by atoms with van der Waals surface area (Å²) in [4.78, 5) is 10.6. The van der Waals surface area contributed by atoms with Gasteiger partial charge in [-0.2, -0.15) is 0 Å². The molecule has 1 unspecified atom stereocenters. The monoisotopic (exact) mass is 345 g/mol. The molecule has 1 fully saturated rings. The minimum atomic E-state index is -0.773. The van der Waals surface area contributed by atoms with Crippen molar-refractivity contribution in [3.8, 4) is 5.75 Å². The first-order chi connectivity index (χ1) is 9.35. The third-order valence-corrected chi connectivity index (χ3v) is 3.79. The van der Waals surface area contributed by atoms with Gasteiger partial charge in [-0.25, -0.2) is 0 Å². The van der Waals surface area contributed by atoms with Gasteiger partial charge in [0.2, 0.25) is 6.29 Å². The van der Waals surface area contributed by atoms with Gasteiger partial charge in [-0.3, -0.25) is 10.1 Å². The van der Waals surface area contributed by atoms with Gasteiger partial charge in [0, 0.05) is 10.5 Å². The van der Waals surface area contributed by atoms with Crippen LogP contribution in [0.2, 0.25) is 0 Å². The summed E-state index contributed by atoms with van der Waals surface area (Å²) >= 11 is 3.21. The molecule has 0 saturated carbocycles. The van der Waals surface area contributed by atoms with E-state index in [1.54, 1.807) is 19.1 Å². The molecule has 1 heterocycles. The predicted molar refractivity (Wildman–Crippen MR) is 75.5 cm³/mol. The number of hydrogen-bond acceptors (Lipinski definition) is 5. The number of ether oxygens (including phenoxy) is 3. The Balaban J connectivity index is 2.25. The summed E-state index contributed by atoms with van der Waals surface area (Å²) in [5.41, 5.74) is -0.864. The SMILES string of the molecule is CCC(C)(Oc1ccc(Br)cc1[N+](=O)[O-])C1OC(C)O1. The van der Waals surface area contributed by atoms with Crippen molar-refractivity contribution in [1.82, 2.24) is 0 Å². The lowest BCUT2D eigenvalue weighted by Gasteiger charge is -2.44. The third-order valence-electron chi connectivity index (χ3n) is 3.29. The summed E-state index contributed by atoms with van der Waals surface area (Å²) in [7, 11) is 0. The van der Waals surface area contributed by atoms with Crippen LogP contribution < -0.4 is 4.74 Å². The van der Waals surface area contributed by atoms with E-state index in [2.05, 4.69) is 15.9 Å². The van der Waals surface area contributed by atoms with E-state index >= 15 is 0 Å². The molecular weight excluding hydrogens is 330 g/mol. The first-order valence-electron chi connectivity index (χ1n) is 6.29. The largest absolute Gasteiger partial charge is 0.475 e. The van der Waals surface area contributed by atoms with E-state index in [-0.39, 0.29) is 17.7 Å². The second kappa shape index (κ2) is 5.67. The van der Waals surface area contributed by atoms with Gasteiger partial charge < -0.3 is 14.2 Å². The lowest BCUT2D eigenvalue weighted by molar-refractivity contribution is -0.415. The molecule has 2 rings (SSSR count). The summed E-state index contributed by atoms with van der Waals surface area (Å²) in [6.07, 6.45) is -0.197. The van der Waals surface area contributed by atoms with Crippen LogP contribution in [-0.4, -0.2) is 23.1 Å². The molecule has 0 radical (unpaired) electrons. The lowest BCUT2D eigenvalue weighted by atomic mass is 10.0. The molecule has 1 atom stereocenters. The molecule has 1 aromatic carbocycles. The van der Waals surface area contributed by atoms with Gasteiger partial charge in [-0.05, 0) is 32.4 Å². The second-order valence-corrected chi connectivity index (χ2v) is 5.72. The van der Waals surface area contributed by atoms with Gasteiger partial charge in [0.15, 0.2) is 17.6 Å². The fourth-order valence-electron chi connectivity index (χ4n) is 1.90. The van der Waals surface area contributed by atoms with Gasteiger partial charge in [-0.1, -0.05) is 22.9 Å². The molecule has 0 spiro atoms. The van der Waals surface area contributed by atoms with E-state index in [9.17, 15) is 10.1 Å². The normalized spacial score (nSPS) is 24.6. The quantitative estimate of drug-likeness (QED) is 0.601. The maximum atomic E-state index is 11.1. The lowest BCUT2D eigenvalue weighted by Crippen LogP contribution is -2.56. The van der Waals surface area contributed by atoms with Crippen LogP contribution in [0.25, 0.3) is 0 Å². The van der Waals surface area contributed by atoms with E-state index < -0.39 is 16.8 Å². The Labute approximate surface area is 125 Å². The minimum Gasteiger partial charge on any atom is -0.475 e. The van der Waals surface area contributed by atoms with Crippen LogP contribution >= 0.6 is 15.9 Å². The number of benzene rings is 1. The highest BCUT2D eigenvalue weighted by molar-refractivity contribution is 9.10. The van der Waals surface area contributed by atoms with Crippen molar-refractivity contribution in [2.75, 3.05) is 0 Å². The molecule has 1 aliphatic rings. The Morgan fingerprint density at radius 2 is 2.15 bits per heavy atom. The Kier molecular flexibility index (Phi) is 4.31. The summed E-state index contributed by atoms with van der Waals surface area (Å²) in [6, 6.07) is 4.68. The van der Waals surface area contributed by atoms with Crippen molar-refractivity contribution in [1.29, 1.82) is 0 Å². The van der Waals surface area contributed by atoms with Crippen LogP contribution in [0.3, 0.4) is 0 Å². The smallest absolute Gasteiger partial charge is 0.312 e. The minimum absolute atomic E-state index is 0.0913. The first kappa shape index (κ1) is 15.2. The number of halogens is 1. The first-order valence-corrected chi connectivity index (χ1v) is 7.09. The van der Waals surface area contributed by atoms with Crippen LogP contribution in [-0.2, 0) is 9.47 Å². The van der Waals surface area contributed by atoms with Crippen LogP contribution in [0.1, 0.15) is 27.2 Å². The molecule has 0 amide bonds. The molecule has 7 heteroatoms. The number of nitrogens with zero attached hydrogens (tertiary/aromatic N) is 1. The summed E-state index contributed by atoms with van der Waals surface area (Å²) < 4.78 is 17.4. The Bertz CT molecular complexity index is 517. The van der Waals surface area contributed by atoms with Gasteiger partial charge in [-0.15, -0.1) is 0 Å². The van der Waals surface area contributed by atoms with E-state index in [0.717, 1.165) is 0 Å². The number of rotatable bonds is 5. The Hall–Kier alpha value is -1.18. The van der Waals surface area contributed by atoms with Crippen molar-refractivity contribution in [2.24, 2.45) is 0 Å². The van der Waals surface area contributed by atoms with E-state index in [1.165, 1.54) is 6.07 Å². The standard InChI is InChI=1S/C13H16BrNO5/c1-4-13(3,12-18-8(2)19-12)20-11-6-5-9(14)7-10(11)15(16)17/h5-8,12H,4H2,1-3H3. The van der Waals surface area contributed by atoms with E-state index in [0.29, 0.717) is 10.9 Å². The number of hydrogen-bond donors (Lipinski definition) is 0. The fraction of sp³-hybridized carbons (Fsp3) is 0.538. The van der Waals surface area contributed by atoms with Crippen molar-refractivity contribution in [3.63, 3.8) is 0 Å². The Morgan fingerprint density at radius 1 is 1.50 bits per heavy atom. The zero-order valence-electron chi connectivity index (χ0n) is 11.5. The number of nitro groups is 1. The molecular formula is C13H16BrNO5. The zero-order chi connectivity index (χ0) is 14.9. The predicted octanol–water partition coefficient (Wildman–Crippen LogP) is 3.62. The molecule has 0 aliphatic carbocycles. The molecule has 1 aliphatic heterocycles. The van der Waals surface area contributed by atoms with E-state index in [4.69, 9.17) is 14.2 Å². The van der Waals surface area contributed by atoms with Crippen LogP contribution in [0.4, 0.5) is 5.69 Å². The molecule has 0 aromatic heterocycles. The van der Waals surface area contributed by atoms with Crippen molar-refractivity contribution in [2.45, 2.75) is 45.4 Å². The Morgan fingerprint density at radius 3 is 2.65 bits per heavy atom. The topological polar surface area (TPSA) is 70.8 Å². The van der Waals surface area contributed by atoms with Crippen LogP contribution in [0.5, 0.6) is 5.75 Å². The zero-order valence-corrected chi connectivity index (χ0v) is 13.0. The van der Waals surface area contributed by atoms with Crippen LogP contribution in [0, 0.1) is 10.1 Å². The highest BCUT2D eigenvalue weighted by Gasteiger charge is 2.45. The van der Waals surface area contributed by atoms with Gasteiger partial charge in [0.05, 0.1) is 4.92 Å². The van der Waals surface area contributed by atoms with Crippen molar-refractivity contribution in [3.05, 3.63) is 32.8 Å². The molecule has 1 aromatic rings. The molecule has 20 heavy (non-hydrogen) atoms. The van der Waals surface area contributed by atoms with Gasteiger partial charge >= 0.3 is 5.69 Å². The summed E-state index contributed by atoms with van der Waals surface area (Å²) in [6.45, 7) is 5.52. The van der Waals surface area contributed by atoms with E-state index in [1.807, 2.05) is 13.8 Å².